The number of aromatic nitrogens is 2. The minimum absolute atomic E-state index is 0.175. The van der Waals surface area contributed by atoms with Gasteiger partial charge in [0.15, 0.2) is 0 Å². The molecule has 7 heteroatoms. The molecule has 134 valence electrons. The van der Waals surface area contributed by atoms with E-state index < -0.39 is 0 Å². The molecular weight excluding hydrogens is 348 g/mol. The van der Waals surface area contributed by atoms with E-state index in [1.54, 1.807) is 31.4 Å². The van der Waals surface area contributed by atoms with Gasteiger partial charge in [-0.1, -0.05) is 48.6 Å². The largest absolute Gasteiger partial charge is 0.497 e. The van der Waals surface area contributed by atoms with E-state index in [4.69, 9.17) is 4.74 Å². The second kappa shape index (κ2) is 8.44. The fourth-order valence-electron chi connectivity index (χ4n) is 2.60. The minimum Gasteiger partial charge on any atom is -0.497 e. The summed E-state index contributed by atoms with van der Waals surface area (Å²) in [5.74, 6) is 0.908. The SMILES string of the molecule is CC[C@H](c1ccccc1)c1nnc(NC(=O)Nc2ccc(OC)cc2)s1. The molecular formula is C19H20N4O2S. The molecule has 0 aliphatic carbocycles. The third-order valence-electron chi connectivity index (χ3n) is 3.92. The maximum Gasteiger partial charge on any atom is 0.325 e. The zero-order valence-corrected chi connectivity index (χ0v) is 15.4. The van der Waals surface area contributed by atoms with Gasteiger partial charge in [0.05, 0.1) is 7.11 Å². The Morgan fingerprint density at radius 3 is 2.46 bits per heavy atom. The summed E-state index contributed by atoms with van der Waals surface area (Å²) >= 11 is 1.39. The van der Waals surface area contributed by atoms with Crippen LogP contribution in [-0.4, -0.2) is 23.3 Å². The summed E-state index contributed by atoms with van der Waals surface area (Å²) < 4.78 is 5.10. The van der Waals surface area contributed by atoms with Gasteiger partial charge in [0.1, 0.15) is 10.8 Å². The van der Waals surface area contributed by atoms with Crippen molar-refractivity contribution in [2.45, 2.75) is 19.3 Å². The number of rotatable bonds is 6. The lowest BCUT2D eigenvalue weighted by Crippen LogP contribution is -2.19. The molecule has 1 atom stereocenters. The highest BCUT2D eigenvalue weighted by atomic mass is 32.1. The van der Waals surface area contributed by atoms with Gasteiger partial charge in [-0.15, -0.1) is 10.2 Å². The Morgan fingerprint density at radius 2 is 1.81 bits per heavy atom. The standard InChI is InChI=1S/C19H20N4O2S/c1-3-16(13-7-5-4-6-8-13)17-22-23-19(26-17)21-18(24)20-14-9-11-15(25-2)12-10-14/h4-12,16H,3H2,1-2H3,(H2,20,21,23,24)/t16-/m1/s1. The second-order valence-corrected chi connectivity index (χ2v) is 6.63. The molecule has 0 bridgehead atoms. The van der Waals surface area contributed by atoms with Crippen LogP contribution >= 0.6 is 11.3 Å². The first-order valence-corrected chi connectivity index (χ1v) is 9.11. The fourth-order valence-corrected chi connectivity index (χ4v) is 3.55. The Balaban J connectivity index is 1.64. The average Bonchev–Trinajstić information content (AvgIpc) is 3.12. The molecule has 6 nitrogen and oxygen atoms in total. The molecule has 0 aliphatic heterocycles. The molecule has 0 saturated carbocycles. The van der Waals surface area contributed by atoms with E-state index in [9.17, 15) is 4.79 Å². The van der Waals surface area contributed by atoms with Gasteiger partial charge in [-0.2, -0.15) is 0 Å². The number of anilines is 2. The van der Waals surface area contributed by atoms with Crippen molar-refractivity contribution in [1.29, 1.82) is 0 Å². The van der Waals surface area contributed by atoms with Gasteiger partial charge in [-0.05, 0) is 36.2 Å². The van der Waals surface area contributed by atoms with Crippen molar-refractivity contribution in [3.63, 3.8) is 0 Å². The Hall–Kier alpha value is -2.93. The summed E-state index contributed by atoms with van der Waals surface area (Å²) in [5, 5.41) is 15.2. The molecule has 0 spiro atoms. The first-order chi connectivity index (χ1) is 12.7. The lowest BCUT2D eigenvalue weighted by Gasteiger charge is -2.11. The smallest absolute Gasteiger partial charge is 0.325 e. The van der Waals surface area contributed by atoms with E-state index >= 15 is 0 Å². The topological polar surface area (TPSA) is 76.1 Å². The van der Waals surface area contributed by atoms with Gasteiger partial charge in [0, 0.05) is 11.6 Å². The van der Waals surface area contributed by atoms with Crippen LogP contribution in [0.3, 0.4) is 0 Å². The molecule has 1 aromatic heterocycles. The monoisotopic (exact) mass is 368 g/mol. The van der Waals surface area contributed by atoms with Gasteiger partial charge >= 0.3 is 6.03 Å². The van der Waals surface area contributed by atoms with Crippen molar-refractivity contribution in [2.24, 2.45) is 0 Å². The van der Waals surface area contributed by atoms with Crippen molar-refractivity contribution < 1.29 is 9.53 Å². The van der Waals surface area contributed by atoms with Crippen molar-refractivity contribution >= 4 is 28.2 Å². The molecule has 26 heavy (non-hydrogen) atoms. The Morgan fingerprint density at radius 1 is 1.08 bits per heavy atom. The quantitative estimate of drug-likeness (QED) is 0.659. The number of nitrogens with one attached hydrogen (secondary N) is 2. The number of urea groups is 1. The zero-order valence-electron chi connectivity index (χ0n) is 14.6. The number of benzene rings is 2. The van der Waals surface area contributed by atoms with Crippen molar-refractivity contribution in [3.8, 4) is 5.75 Å². The van der Waals surface area contributed by atoms with E-state index in [0.29, 0.717) is 10.8 Å². The number of carbonyl (C=O) groups excluding carboxylic acids is 1. The summed E-state index contributed by atoms with van der Waals surface area (Å²) in [4.78, 5) is 12.1. The predicted molar refractivity (Wildman–Crippen MR) is 104 cm³/mol. The van der Waals surface area contributed by atoms with Crippen LogP contribution < -0.4 is 15.4 Å². The maximum absolute atomic E-state index is 12.1. The molecule has 0 unspecified atom stereocenters. The number of nitrogens with zero attached hydrogens (tertiary/aromatic N) is 2. The number of amides is 2. The molecule has 2 aromatic carbocycles. The number of ether oxygens (including phenoxy) is 1. The highest BCUT2D eigenvalue weighted by molar-refractivity contribution is 7.15. The predicted octanol–water partition coefficient (Wildman–Crippen LogP) is 4.73. The molecule has 0 radical (unpaired) electrons. The van der Waals surface area contributed by atoms with Crippen LogP contribution in [0.5, 0.6) is 5.75 Å². The average molecular weight is 368 g/mol. The van der Waals surface area contributed by atoms with E-state index in [0.717, 1.165) is 17.2 Å². The van der Waals surface area contributed by atoms with Crippen molar-refractivity contribution in [2.75, 3.05) is 17.7 Å². The van der Waals surface area contributed by atoms with E-state index in [1.807, 2.05) is 18.2 Å². The first kappa shape index (κ1) is 17.9. The van der Waals surface area contributed by atoms with Crippen molar-refractivity contribution in [1.82, 2.24) is 10.2 Å². The van der Waals surface area contributed by atoms with E-state index in [1.165, 1.54) is 16.9 Å². The molecule has 2 amide bonds. The Bertz CT molecular complexity index is 849. The summed E-state index contributed by atoms with van der Waals surface area (Å²) in [6.45, 7) is 2.11. The fraction of sp³-hybridized carbons (Fsp3) is 0.211. The Labute approximate surface area is 156 Å². The number of hydrogen-bond acceptors (Lipinski definition) is 5. The van der Waals surface area contributed by atoms with Gasteiger partial charge in [-0.3, -0.25) is 5.32 Å². The maximum atomic E-state index is 12.1. The summed E-state index contributed by atoms with van der Waals surface area (Å²) in [6.07, 6.45) is 0.913. The van der Waals surface area contributed by atoms with Crippen molar-refractivity contribution in [3.05, 3.63) is 65.2 Å². The van der Waals surface area contributed by atoms with Gasteiger partial charge in [-0.25, -0.2) is 4.79 Å². The highest BCUT2D eigenvalue weighted by Crippen LogP contribution is 2.31. The molecule has 2 N–H and O–H groups in total. The molecule has 3 aromatic rings. The van der Waals surface area contributed by atoms with Crippen LogP contribution in [0.15, 0.2) is 54.6 Å². The van der Waals surface area contributed by atoms with Crippen LogP contribution in [-0.2, 0) is 0 Å². The number of hydrogen-bond donors (Lipinski definition) is 2. The minimum atomic E-state index is -0.356. The van der Waals surface area contributed by atoms with Crippen LogP contribution in [0.1, 0.15) is 29.8 Å². The second-order valence-electron chi connectivity index (χ2n) is 5.62. The van der Waals surface area contributed by atoms with E-state index in [-0.39, 0.29) is 11.9 Å². The Kier molecular flexibility index (Phi) is 5.80. The zero-order chi connectivity index (χ0) is 18.4. The molecule has 0 fully saturated rings. The molecule has 0 aliphatic rings. The van der Waals surface area contributed by atoms with Crippen LogP contribution in [0, 0.1) is 0 Å². The lowest BCUT2D eigenvalue weighted by molar-refractivity contribution is 0.262. The third kappa shape index (κ3) is 4.37. The van der Waals surface area contributed by atoms with Gasteiger partial charge < -0.3 is 10.1 Å². The third-order valence-corrected chi connectivity index (χ3v) is 4.87. The van der Waals surface area contributed by atoms with Crippen LogP contribution in [0.25, 0.3) is 0 Å². The van der Waals surface area contributed by atoms with Gasteiger partial charge in [0.25, 0.3) is 0 Å². The molecule has 3 rings (SSSR count). The lowest BCUT2D eigenvalue weighted by atomic mass is 9.97. The summed E-state index contributed by atoms with van der Waals surface area (Å²) in [6, 6.07) is 16.9. The molecule has 0 saturated heterocycles. The normalized spacial score (nSPS) is 11.6. The summed E-state index contributed by atoms with van der Waals surface area (Å²) in [5.41, 5.74) is 1.86. The van der Waals surface area contributed by atoms with Crippen LogP contribution in [0.4, 0.5) is 15.6 Å². The van der Waals surface area contributed by atoms with Crippen LogP contribution in [0.2, 0.25) is 0 Å². The first-order valence-electron chi connectivity index (χ1n) is 8.30. The van der Waals surface area contributed by atoms with Gasteiger partial charge in [0.2, 0.25) is 5.13 Å². The highest BCUT2D eigenvalue weighted by Gasteiger charge is 2.18. The molecule has 1 heterocycles. The summed E-state index contributed by atoms with van der Waals surface area (Å²) in [7, 11) is 1.60. The number of carbonyl (C=O) groups is 1. The van der Waals surface area contributed by atoms with E-state index in [2.05, 4.69) is 39.9 Å². The number of methoxy groups -OCH3 is 1.